The average molecular weight is 445 g/mol. The van der Waals surface area contributed by atoms with E-state index in [0.717, 1.165) is 11.1 Å². The molecule has 0 saturated heterocycles. The zero-order valence-electron chi connectivity index (χ0n) is 19.5. The Morgan fingerprint density at radius 2 is 1.33 bits per heavy atom. The second-order valence-electron chi connectivity index (χ2n) is 9.05. The van der Waals surface area contributed by atoms with Crippen molar-refractivity contribution in [2.24, 2.45) is 0 Å². The lowest BCUT2D eigenvalue weighted by molar-refractivity contribution is -0.143. The van der Waals surface area contributed by atoms with Gasteiger partial charge in [0.25, 0.3) is 5.91 Å². The fourth-order valence-corrected chi connectivity index (χ4v) is 3.53. The van der Waals surface area contributed by atoms with Crippen LogP contribution in [0.4, 0.5) is 0 Å². The van der Waals surface area contributed by atoms with E-state index in [0.29, 0.717) is 18.7 Å². The predicted octanol–water partition coefficient (Wildman–Crippen LogP) is 4.62. The fourth-order valence-electron chi connectivity index (χ4n) is 3.53. The SMILES string of the molecule is CC(C)(C)NC(=O)[C@@H](Cc1ccccc1)N(Cc1ccccc1)C(=O)COc1ccccc1. The Morgan fingerprint density at radius 3 is 1.88 bits per heavy atom. The molecule has 0 unspecified atom stereocenters. The number of hydrogen-bond donors (Lipinski definition) is 1. The van der Waals surface area contributed by atoms with Crippen LogP contribution in [0.15, 0.2) is 91.0 Å². The molecule has 0 aliphatic rings. The fraction of sp³-hybridized carbons (Fsp3) is 0.286. The molecule has 0 spiro atoms. The highest BCUT2D eigenvalue weighted by Gasteiger charge is 2.32. The zero-order chi connectivity index (χ0) is 23.7. The number of carbonyl (C=O) groups is 2. The molecule has 0 fully saturated rings. The Balaban J connectivity index is 1.90. The Kier molecular flexibility index (Phi) is 8.25. The van der Waals surface area contributed by atoms with Crippen molar-refractivity contribution >= 4 is 11.8 Å². The van der Waals surface area contributed by atoms with Crippen LogP contribution in [0.5, 0.6) is 5.75 Å². The zero-order valence-corrected chi connectivity index (χ0v) is 19.5. The molecule has 3 aromatic carbocycles. The van der Waals surface area contributed by atoms with Crippen molar-refractivity contribution in [2.75, 3.05) is 6.61 Å². The Bertz CT molecular complexity index is 1020. The van der Waals surface area contributed by atoms with Crippen molar-refractivity contribution in [3.8, 4) is 5.75 Å². The Labute approximate surface area is 196 Å². The molecular formula is C28H32N2O3. The lowest BCUT2D eigenvalue weighted by Crippen LogP contribution is -2.55. The number of amides is 2. The summed E-state index contributed by atoms with van der Waals surface area (Å²) in [6.45, 7) is 5.98. The Hall–Kier alpha value is -3.60. The topological polar surface area (TPSA) is 58.6 Å². The maximum atomic E-state index is 13.4. The highest BCUT2D eigenvalue weighted by molar-refractivity contribution is 5.89. The molecule has 0 aliphatic carbocycles. The van der Waals surface area contributed by atoms with Crippen LogP contribution in [0.1, 0.15) is 31.9 Å². The third-order valence-electron chi connectivity index (χ3n) is 5.07. The van der Waals surface area contributed by atoms with E-state index < -0.39 is 11.6 Å². The maximum absolute atomic E-state index is 13.4. The van der Waals surface area contributed by atoms with E-state index in [1.54, 1.807) is 4.90 Å². The summed E-state index contributed by atoms with van der Waals surface area (Å²) in [6, 6.07) is 28.0. The van der Waals surface area contributed by atoms with Crippen molar-refractivity contribution in [2.45, 2.75) is 45.3 Å². The molecule has 0 aromatic heterocycles. The van der Waals surface area contributed by atoms with Crippen LogP contribution in [0.3, 0.4) is 0 Å². The normalized spacial score (nSPS) is 12.0. The maximum Gasteiger partial charge on any atom is 0.261 e. The van der Waals surface area contributed by atoms with Gasteiger partial charge in [-0.25, -0.2) is 0 Å². The van der Waals surface area contributed by atoms with E-state index in [4.69, 9.17) is 4.74 Å². The summed E-state index contributed by atoms with van der Waals surface area (Å²) in [6.07, 6.45) is 0.409. The standard InChI is InChI=1S/C28H32N2O3/c1-28(2,3)29-27(32)25(19-22-13-7-4-8-14-22)30(20-23-15-9-5-10-16-23)26(31)21-33-24-17-11-6-12-18-24/h4-18,25H,19-21H2,1-3H3,(H,29,32)/t25-/m1/s1. The van der Waals surface area contributed by atoms with E-state index in [-0.39, 0.29) is 18.4 Å². The number of nitrogens with zero attached hydrogens (tertiary/aromatic N) is 1. The summed E-state index contributed by atoms with van der Waals surface area (Å²) in [7, 11) is 0. The molecule has 172 valence electrons. The second-order valence-corrected chi connectivity index (χ2v) is 9.05. The van der Waals surface area contributed by atoms with Gasteiger partial charge in [-0.15, -0.1) is 0 Å². The number of carbonyl (C=O) groups excluding carboxylic acids is 2. The first kappa shape index (κ1) is 24.1. The molecule has 1 N–H and O–H groups in total. The minimum absolute atomic E-state index is 0.148. The van der Waals surface area contributed by atoms with Crippen molar-refractivity contribution in [1.29, 1.82) is 0 Å². The number of para-hydroxylation sites is 1. The monoisotopic (exact) mass is 444 g/mol. The number of rotatable bonds is 9. The minimum Gasteiger partial charge on any atom is -0.484 e. The van der Waals surface area contributed by atoms with Gasteiger partial charge in [0.1, 0.15) is 11.8 Å². The van der Waals surface area contributed by atoms with Crippen LogP contribution in [0.25, 0.3) is 0 Å². The first-order valence-electron chi connectivity index (χ1n) is 11.2. The van der Waals surface area contributed by atoms with Crippen LogP contribution in [0, 0.1) is 0 Å². The summed E-state index contributed by atoms with van der Waals surface area (Å²) >= 11 is 0. The van der Waals surface area contributed by atoms with E-state index in [1.165, 1.54) is 0 Å². The summed E-state index contributed by atoms with van der Waals surface area (Å²) in [5, 5.41) is 3.06. The molecule has 5 nitrogen and oxygen atoms in total. The highest BCUT2D eigenvalue weighted by Crippen LogP contribution is 2.17. The first-order chi connectivity index (χ1) is 15.8. The van der Waals surface area contributed by atoms with Crippen LogP contribution >= 0.6 is 0 Å². The van der Waals surface area contributed by atoms with Gasteiger partial charge in [-0.3, -0.25) is 9.59 Å². The quantitative estimate of drug-likeness (QED) is 0.524. The lowest BCUT2D eigenvalue weighted by Gasteiger charge is -2.33. The third-order valence-corrected chi connectivity index (χ3v) is 5.07. The molecular weight excluding hydrogens is 412 g/mol. The highest BCUT2D eigenvalue weighted by atomic mass is 16.5. The first-order valence-corrected chi connectivity index (χ1v) is 11.2. The third kappa shape index (κ3) is 7.79. The molecule has 3 rings (SSSR count). The van der Waals surface area contributed by atoms with Gasteiger partial charge in [0.15, 0.2) is 6.61 Å². The number of ether oxygens (including phenoxy) is 1. The molecule has 5 heteroatoms. The van der Waals surface area contributed by atoms with Gasteiger partial charge >= 0.3 is 0 Å². The molecule has 2 amide bonds. The van der Waals surface area contributed by atoms with Gasteiger partial charge < -0.3 is 15.0 Å². The molecule has 3 aromatic rings. The summed E-state index contributed by atoms with van der Waals surface area (Å²) in [4.78, 5) is 28.5. The Morgan fingerprint density at radius 1 is 0.818 bits per heavy atom. The van der Waals surface area contributed by atoms with Gasteiger partial charge in [-0.05, 0) is 44.0 Å². The van der Waals surface area contributed by atoms with Crippen LogP contribution in [-0.2, 0) is 22.6 Å². The summed E-state index contributed by atoms with van der Waals surface area (Å²) < 4.78 is 5.74. The smallest absolute Gasteiger partial charge is 0.261 e. The number of benzene rings is 3. The van der Waals surface area contributed by atoms with E-state index in [9.17, 15) is 9.59 Å². The van der Waals surface area contributed by atoms with Crippen LogP contribution in [0.2, 0.25) is 0 Å². The molecule has 0 saturated carbocycles. The minimum atomic E-state index is -0.682. The van der Waals surface area contributed by atoms with Gasteiger partial charge in [0.2, 0.25) is 5.91 Å². The van der Waals surface area contributed by atoms with Crippen LogP contribution < -0.4 is 10.1 Å². The van der Waals surface area contributed by atoms with Crippen molar-refractivity contribution in [3.05, 3.63) is 102 Å². The molecule has 0 heterocycles. The molecule has 1 atom stereocenters. The van der Waals surface area contributed by atoms with E-state index in [1.807, 2.05) is 112 Å². The second kappa shape index (κ2) is 11.3. The van der Waals surface area contributed by atoms with E-state index in [2.05, 4.69) is 5.32 Å². The number of nitrogens with one attached hydrogen (secondary N) is 1. The number of hydrogen-bond acceptors (Lipinski definition) is 3. The van der Waals surface area contributed by atoms with Crippen molar-refractivity contribution < 1.29 is 14.3 Å². The van der Waals surface area contributed by atoms with Crippen LogP contribution in [-0.4, -0.2) is 34.9 Å². The lowest BCUT2D eigenvalue weighted by atomic mass is 10.0. The van der Waals surface area contributed by atoms with Gasteiger partial charge in [0, 0.05) is 18.5 Å². The van der Waals surface area contributed by atoms with Gasteiger partial charge in [0.05, 0.1) is 0 Å². The summed E-state index contributed by atoms with van der Waals surface area (Å²) in [5.41, 5.74) is 1.52. The predicted molar refractivity (Wildman–Crippen MR) is 131 cm³/mol. The molecule has 33 heavy (non-hydrogen) atoms. The van der Waals surface area contributed by atoms with Crippen molar-refractivity contribution in [1.82, 2.24) is 10.2 Å². The summed E-state index contributed by atoms with van der Waals surface area (Å²) in [5.74, 6) is 0.187. The molecule has 0 aliphatic heterocycles. The van der Waals surface area contributed by atoms with E-state index >= 15 is 0 Å². The average Bonchev–Trinajstić information content (AvgIpc) is 2.80. The van der Waals surface area contributed by atoms with Gasteiger partial charge in [-0.1, -0.05) is 78.9 Å². The van der Waals surface area contributed by atoms with Gasteiger partial charge in [-0.2, -0.15) is 0 Å². The molecule has 0 bridgehead atoms. The largest absolute Gasteiger partial charge is 0.484 e. The molecule has 0 radical (unpaired) electrons. The van der Waals surface area contributed by atoms with Crippen molar-refractivity contribution in [3.63, 3.8) is 0 Å².